The van der Waals surface area contributed by atoms with Crippen LogP contribution in [0.25, 0.3) is 10.9 Å². The van der Waals surface area contributed by atoms with Crippen LogP contribution in [0.3, 0.4) is 0 Å². The molecule has 3 N–H and O–H groups in total. The maximum atomic E-state index is 10.9. The Bertz CT molecular complexity index is 1030. The van der Waals surface area contributed by atoms with Crippen molar-refractivity contribution in [3.05, 3.63) is 95.8 Å². The van der Waals surface area contributed by atoms with E-state index in [1.54, 1.807) is 6.20 Å². The van der Waals surface area contributed by atoms with Crippen LogP contribution < -0.4 is 10.3 Å². The zero-order valence-corrected chi connectivity index (χ0v) is 14.5. The van der Waals surface area contributed by atoms with Crippen LogP contribution in [0.5, 0.6) is 5.75 Å². The van der Waals surface area contributed by atoms with E-state index in [9.17, 15) is 5.11 Å². The molecule has 0 aliphatic heterocycles. The molecule has 2 aromatic carbocycles. The second kappa shape index (κ2) is 6.84. The van der Waals surface area contributed by atoms with Gasteiger partial charge in [-0.3, -0.25) is 10.3 Å². The zero-order chi connectivity index (χ0) is 17.9. The molecule has 1 atom stereocenters. The minimum Gasteiger partial charge on any atom is -0.505 e. The molecule has 0 aliphatic rings. The lowest BCUT2D eigenvalue weighted by Gasteiger charge is -2.17. The molecule has 0 unspecified atom stereocenters. The Labute approximate surface area is 152 Å². The molecular formula is C22H20N3O+. The second-order valence-corrected chi connectivity index (χ2v) is 6.34. The fraction of sp³-hybridized carbons (Fsp3) is 0.0909. The van der Waals surface area contributed by atoms with Crippen molar-refractivity contribution in [1.82, 2.24) is 4.98 Å². The lowest BCUT2D eigenvalue weighted by Crippen LogP contribution is -2.18. The molecule has 0 fully saturated rings. The number of anilines is 1. The van der Waals surface area contributed by atoms with Gasteiger partial charge in [0.2, 0.25) is 0 Å². The number of aromatic amines is 1. The second-order valence-electron chi connectivity index (χ2n) is 6.34. The molecule has 0 bridgehead atoms. The van der Waals surface area contributed by atoms with Crippen LogP contribution in [0.15, 0.2) is 79.1 Å². The summed E-state index contributed by atoms with van der Waals surface area (Å²) >= 11 is 0. The fourth-order valence-corrected chi connectivity index (χ4v) is 3.12. The Morgan fingerprint density at radius 1 is 0.962 bits per heavy atom. The highest BCUT2D eigenvalue weighted by Gasteiger charge is 2.24. The van der Waals surface area contributed by atoms with E-state index in [4.69, 9.17) is 0 Å². The fourth-order valence-electron chi connectivity index (χ4n) is 3.12. The molecule has 0 saturated heterocycles. The van der Waals surface area contributed by atoms with E-state index in [-0.39, 0.29) is 11.8 Å². The molecule has 4 aromatic rings. The van der Waals surface area contributed by atoms with E-state index in [1.165, 1.54) is 5.56 Å². The third-order valence-electron chi connectivity index (χ3n) is 4.51. The van der Waals surface area contributed by atoms with Gasteiger partial charge in [-0.15, -0.1) is 0 Å². The predicted octanol–water partition coefficient (Wildman–Crippen LogP) is 4.26. The van der Waals surface area contributed by atoms with Gasteiger partial charge in [0.15, 0.2) is 0 Å². The Balaban J connectivity index is 1.84. The summed E-state index contributed by atoms with van der Waals surface area (Å²) in [4.78, 5) is 7.55. The first-order valence-electron chi connectivity index (χ1n) is 8.59. The summed E-state index contributed by atoms with van der Waals surface area (Å²) in [6, 6.07) is 21.8. The molecule has 4 rings (SSSR count). The number of aryl methyl sites for hydroxylation is 1. The summed E-state index contributed by atoms with van der Waals surface area (Å²) in [6.45, 7) is 2.06. The number of phenolic OH excluding ortho intramolecular Hbond substituents is 1. The molecular weight excluding hydrogens is 322 g/mol. The smallest absolute Gasteiger partial charge is 0.272 e. The van der Waals surface area contributed by atoms with Gasteiger partial charge >= 0.3 is 0 Å². The maximum absolute atomic E-state index is 10.9. The van der Waals surface area contributed by atoms with Gasteiger partial charge in [-0.2, -0.15) is 0 Å². The average molecular weight is 342 g/mol. The van der Waals surface area contributed by atoms with Crippen LogP contribution in [-0.4, -0.2) is 10.1 Å². The summed E-state index contributed by atoms with van der Waals surface area (Å²) < 4.78 is 0. The Hall–Kier alpha value is -3.40. The van der Waals surface area contributed by atoms with Crippen molar-refractivity contribution < 1.29 is 10.1 Å². The largest absolute Gasteiger partial charge is 0.505 e. The van der Waals surface area contributed by atoms with Gasteiger partial charge in [0, 0.05) is 28.8 Å². The number of nitrogens with zero attached hydrogens (tertiary/aromatic N) is 1. The third-order valence-corrected chi connectivity index (χ3v) is 4.51. The minimum atomic E-state index is -0.208. The summed E-state index contributed by atoms with van der Waals surface area (Å²) in [5.74, 6) is 1.08. The van der Waals surface area contributed by atoms with Gasteiger partial charge in [0.05, 0.1) is 6.20 Å². The van der Waals surface area contributed by atoms with E-state index < -0.39 is 0 Å². The zero-order valence-electron chi connectivity index (χ0n) is 14.5. The van der Waals surface area contributed by atoms with Gasteiger partial charge in [-0.1, -0.05) is 48.0 Å². The minimum absolute atomic E-state index is 0.206. The number of benzene rings is 2. The molecule has 0 aliphatic carbocycles. The number of aromatic nitrogens is 2. The molecule has 2 heterocycles. The highest BCUT2D eigenvalue weighted by atomic mass is 16.3. The Morgan fingerprint density at radius 3 is 2.58 bits per heavy atom. The molecule has 2 aromatic heterocycles. The lowest BCUT2D eigenvalue weighted by molar-refractivity contribution is -0.361. The number of rotatable bonds is 4. The van der Waals surface area contributed by atoms with E-state index in [1.807, 2.05) is 48.7 Å². The highest BCUT2D eigenvalue weighted by Crippen LogP contribution is 2.35. The topological polar surface area (TPSA) is 59.3 Å². The SMILES string of the molecule is Cc1ccc([C@@H](Nc2cccc[nH+]2)c2ccc3cccnc3c2O)cc1. The van der Waals surface area contributed by atoms with Crippen LogP contribution in [0.1, 0.15) is 22.7 Å². The summed E-state index contributed by atoms with van der Waals surface area (Å²) in [7, 11) is 0. The number of pyridine rings is 2. The molecule has 128 valence electrons. The van der Waals surface area contributed by atoms with Crippen molar-refractivity contribution in [1.29, 1.82) is 0 Å². The van der Waals surface area contributed by atoms with Gasteiger partial charge < -0.3 is 5.11 Å². The predicted molar refractivity (Wildman–Crippen MR) is 103 cm³/mol. The van der Waals surface area contributed by atoms with Crippen molar-refractivity contribution in [3.63, 3.8) is 0 Å². The van der Waals surface area contributed by atoms with Gasteiger partial charge in [-0.05, 0) is 25.1 Å². The Kier molecular flexibility index (Phi) is 4.23. The first kappa shape index (κ1) is 16.1. The van der Waals surface area contributed by atoms with Crippen LogP contribution in [-0.2, 0) is 0 Å². The van der Waals surface area contributed by atoms with Crippen LogP contribution in [0, 0.1) is 6.92 Å². The van der Waals surface area contributed by atoms with E-state index in [0.717, 1.165) is 22.3 Å². The highest BCUT2D eigenvalue weighted by molar-refractivity contribution is 5.85. The average Bonchev–Trinajstić information content (AvgIpc) is 2.69. The molecule has 0 radical (unpaired) electrons. The van der Waals surface area contributed by atoms with Crippen molar-refractivity contribution in [2.24, 2.45) is 0 Å². The molecule has 26 heavy (non-hydrogen) atoms. The van der Waals surface area contributed by atoms with Crippen molar-refractivity contribution in [3.8, 4) is 5.75 Å². The number of phenols is 1. The summed E-state index contributed by atoms with van der Waals surface area (Å²) in [6.07, 6.45) is 3.57. The molecule has 4 heteroatoms. The maximum Gasteiger partial charge on any atom is 0.272 e. The number of hydrogen-bond acceptors (Lipinski definition) is 3. The van der Waals surface area contributed by atoms with Gasteiger partial charge in [0.25, 0.3) is 5.82 Å². The molecule has 4 nitrogen and oxygen atoms in total. The number of aromatic hydroxyl groups is 1. The van der Waals surface area contributed by atoms with Crippen molar-refractivity contribution in [2.45, 2.75) is 13.0 Å². The molecule has 0 amide bonds. The van der Waals surface area contributed by atoms with Crippen LogP contribution in [0.4, 0.5) is 5.82 Å². The molecule has 0 saturated carbocycles. The lowest BCUT2D eigenvalue weighted by atomic mass is 9.95. The number of hydrogen-bond donors (Lipinski definition) is 2. The summed E-state index contributed by atoms with van der Waals surface area (Å²) in [5, 5.41) is 15.3. The van der Waals surface area contributed by atoms with Gasteiger partial charge in [-0.25, -0.2) is 4.98 Å². The van der Waals surface area contributed by atoms with E-state index in [2.05, 4.69) is 46.5 Å². The van der Waals surface area contributed by atoms with Crippen LogP contribution in [0.2, 0.25) is 0 Å². The first-order chi connectivity index (χ1) is 12.7. The third kappa shape index (κ3) is 3.09. The monoisotopic (exact) mass is 342 g/mol. The standard InChI is InChI=1S/C22H19N3O/c1-15-7-9-17(10-8-15)20(25-19-6-2-3-13-23-19)18-12-11-16-5-4-14-24-21(16)22(18)26/h2-14,20,26H,1H3,(H,23,25)/p+1/t20-/m1/s1. The van der Waals surface area contributed by atoms with Gasteiger partial charge in [0.1, 0.15) is 17.3 Å². The molecule has 0 spiro atoms. The van der Waals surface area contributed by atoms with Crippen LogP contribution >= 0.6 is 0 Å². The normalized spacial score (nSPS) is 12.0. The van der Waals surface area contributed by atoms with Crippen molar-refractivity contribution in [2.75, 3.05) is 5.32 Å². The number of H-pyrrole nitrogens is 1. The number of fused-ring (bicyclic) bond motifs is 1. The quantitative estimate of drug-likeness (QED) is 0.582. The summed E-state index contributed by atoms with van der Waals surface area (Å²) in [5.41, 5.74) is 3.67. The van der Waals surface area contributed by atoms with Crippen molar-refractivity contribution >= 4 is 16.7 Å². The Morgan fingerprint density at radius 2 is 1.81 bits per heavy atom. The van der Waals surface area contributed by atoms with E-state index >= 15 is 0 Å². The van der Waals surface area contributed by atoms with E-state index in [0.29, 0.717) is 5.52 Å². The first-order valence-corrected chi connectivity index (χ1v) is 8.59. The number of nitrogens with one attached hydrogen (secondary N) is 2.